The SMILES string of the molecule is Cc1cnc2c(c1)nc(C(C)Cl)n2-c1cc(Cl)ccc1C. The van der Waals surface area contributed by atoms with Crippen LogP contribution in [0.3, 0.4) is 0 Å². The van der Waals surface area contributed by atoms with Gasteiger partial charge in [0.05, 0.1) is 11.1 Å². The summed E-state index contributed by atoms with van der Waals surface area (Å²) in [5.41, 5.74) is 4.78. The maximum atomic E-state index is 6.32. The Labute approximate surface area is 133 Å². The highest BCUT2D eigenvalue weighted by Gasteiger charge is 2.18. The van der Waals surface area contributed by atoms with Gasteiger partial charge in [-0.25, -0.2) is 9.97 Å². The number of rotatable bonds is 2. The molecular formula is C16H15Cl2N3. The van der Waals surface area contributed by atoms with Crippen LogP contribution in [0.25, 0.3) is 16.9 Å². The molecule has 3 nitrogen and oxygen atoms in total. The molecule has 0 spiro atoms. The zero-order valence-corrected chi connectivity index (χ0v) is 13.6. The molecule has 0 N–H and O–H groups in total. The lowest BCUT2D eigenvalue weighted by molar-refractivity contribution is 0.872. The standard InChI is InChI=1S/C16H15Cl2N3/c1-9-6-13-16(19-8-9)21(15(20-13)11(3)17)14-7-12(18)5-4-10(14)2/h4-8,11H,1-3H3. The van der Waals surface area contributed by atoms with Crippen LogP contribution in [0.5, 0.6) is 0 Å². The monoisotopic (exact) mass is 319 g/mol. The molecule has 3 rings (SSSR count). The van der Waals surface area contributed by atoms with Crippen molar-refractivity contribution in [1.29, 1.82) is 0 Å². The number of alkyl halides is 1. The summed E-state index contributed by atoms with van der Waals surface area (Å²) in [5.74, 6) is 0.773. The fraction of sp³-hybridized carbons (Fsp3) is 0.250. The number of imidazole rings is 1. The van der Waals surface area contributed by atoms with Crippen LogP contribution in [-0.2, 0) is 0 Å². The smallest absolute Gasteiger partial charge is 0.164 e. The number of hydrogen-bond acceptors (Lipinski definition) is 2. The molecule has 5 heteroatoms. The van der Waals surface area contributed by atoms with E-state index in [0.717, 1.165) is 33.8 Å². The predicted octanol–water partition coefficient (Wildman–Crippen LogP) is 4.99. The molecule has 0 aliphatic carbocycles. The van der Waals surface area contributed by atoms with Crippen molar-refractivity contribution in [2.45, 2.75) is 26.1 Å². The van der Waals surface area contributed by atoms with Crippen molar-refractivity contribution in [3.63, 3.8) is 0 Å². The van der Waals surface area contributed by atoms with Crippen molar-refractivity contribution in [1.82, 2.24) is 14.5 Å². The molecule has 108 valence electrons. The van der Waals surface area contributed by atoms with Crippen LogP contribution in [-0.4, -0.2) is 14.5 Å². The van der Waals surface area contributed by atoms with Crippen molar-refractivity contribution in [3.05, 3.63) is 52.4 Å². The molecule has 0 fully saturated rings. The van der Waals surface area contributed by atoms with Crippen molar-refractivity contribution in [3.8, 4) is 5.69 Å². The Morgan fingerprint density at radius 1 is 1.19 bits per heavy atom. The van der Waals surface area contributed by atoms with E-state index in [0.29, 0.717) is 5.02 Å². The van der Waals surface area contributed by atoms with E-state index in [2.05, 4.69) is 9.97 Å². The van der Waals surface area contributed by atoms with Gasteiger partial charge in [0.15, 0.2) is 5.65 Å². The van der Waals surface area contributed by atoms with Gasteiger partial charge in [-0.15, -0.1) is 11.6 Å². The number of aromatic nitrogens is 3. The third-order valence-electron chi connectivity index (χ3n) is 3.43. The van der Waals surface area contributed by atoms with Crippen LogP contribution in [0.4, 0.5) is 0 Å². The fourth-order valence-corrected chi connectivity index (χ4v) is 2.72. The Hall–Kier alpha value is -1.58. The van der Waals surface area contributed by atoms with Gasteiger partial charge in [0.2, 0.25) is 0 Å². The summed E-state index contributed by atoms with van der Waals surface area (Å²) >= 11 is 12.5. The average Bonchev–Trinajstić information content (AvgIpc) is 2.80. The molecular weight excluding hydrogens is 305 g/mol. The first kappa shape index (κ1) is 14.4. The summed E-state index contributed by atoms with van der Waals surface area (Å²) in [4.78, 5) is 9.18. The quantitative estimate of drug-likeness (QED) is 0.623. The summed E-state index contributed by atoms with van der Waals surface area (Å²) < 4.78 is 1.99. The lowest BCUT2D eigenvalue weighted by Crippen LogP contribution is -2.04. The number of aryl methyl sites for hydroxylation is 2. The fourth-order valence-electron chi connectivity index (χ4n) is 2.41. The lowest BCUT2D eigenvalue weighted by Gasteiger charge is -2.13. The number of hydrogen-bond donors (Lipinski definition) is 0. The summed E-state index contributed by atoms with van der Waals surface area (Å²) in [7, 11) is 0. The van der Waals surface area contributed by atoms with Crippen LogP contribution in [0, 0.1) is 13.8 Å². The third kappa shape index (κ3) is 2.52. The Morgan fingerprint density at radius 2 is 1.95 bits per heavy atom. The van der Waals surface area contributed by atoms with Crippen molar-refractivity contribution in [2.75, 3.05) is 0 Å². The van der Waals surface area contributed by atoms with Gasteiger partial charge in [-0.2, -0.15) is 0 Å². The lowest BCUT2D eigenvalue weighted by atomic mass is 10.2. The first-order valence-corrected chi connectivity index (χ1v) is 7.54. The van der Waals surface area contributed by atoms with Gasteiger partial charge in [-0.1, -0.05) is 17.7 Å². The predicted molar refractivity (Wildman–Crippen MR) is 87.6 cm³/mol. The van der Waals surface area contributed by atoms with E-state index in [9.17, 15) is 0 Å². The number of benzene rings is 1. The van der Waals surface area contributed by atoms with Crippen LogP contribution >= 0.6 is 23.2 Å². The van der Waals surface area contributed by atoms with E-state index < -0.39 is 0 Å². The topological polar surface area (TPSA) is 30.7 Å². The number of halogens is 2. The van der Waals surface area contributed by atoms with Gasteiger partial charge in [-0.05, 0) is 50.1 Å². The van der Waals surface area contributed by atoms with Crippen LogP contribution in [0.1, 0.15) is 29.3 Å². The van der Waals surface area contributed by atoms with Crippen molar-refractivity contribution < 1.29 is 0 Å². The van der Waals surface area contributed by atoms with E-state index in [4.69, 9.17) is 23.2 Å². The molecule has 0 radical (unpaired) electrons. The van der Waals surface area contributed by atoms with Crippen LogP contribution in [0.2, 0.25) is 5.02 Å². The second kappa shape index (κ2) is 5.32. The minimum Gasteiger partial charge on any atom is -0.279 e. The summed E-state index contributed by atoms with van der Waals surface area (Å²) in [6.45, 7) is 5.94. The van der Waals surface area contributed by atoms with Crippen molar-refractivity contribution in [2.24, 2.45) is 0 Å². The summed E-state index contributed by atoms with van der Waals surface area (Å²) in [6, 6.07) is 7.80. The Balaban J connectivity index is 2.39. The number of fused-ring (bicyclic) bond motifs is 1. The third-order valence-corrected chi connectivity index (χ3v) is 3.86. The molecule has 0 aliphatic heterocycles. The van der Waals surface area contributed by atoms with Crippen LogP contribution < -0.4 is 0 Å². The molecule has 1 aromatic carbocycles. The first-order valence-electron chi connectivity index (χ1n) is 6.73. The molecule has 1 unspecified atom stereocenters. The Bertz CT molecular complexity index is 822. The highest BCUT2D eigenvalue weighted by molar-refractivity contribution is 6.30. The normalized spacial score (nSPS) is 12.8. The highest BCUT2D eigenvalue weighted by Crippen LogP contribution is 2.30. The largest absolute Gasteiger partial charge is 0.279 e. The van der Waals surface area contributed by atoms with E-state index >= 15 is 0 Å². The van der Waals surface area contributed by atoms with Gasteiger partial charge in [0.25, 0.3) is 0 Å². The Morgan fingerprint density at radius 3 is 2.67 bits per heavy atom. The van der Waals surface area contributed by atoms with E-state index in [1.807, 2.05) is 55.8 Å². The number of pyridine rings is 1. The second-order valence-electron chi connectivity index (χ2n) is 5.21. The minimum atomic E-state index is -0.224. The molecule has 0 saturated carbocycles. The molecule has 0 aliphatic rings. The maximum absolute atomic E-state index is 6.32. The van der Waals surface area contributed by atoms with Gasteiger partial charge in [0, 0.05) is 11.2 Å². The molecule has 21 heavy (non-hydrogen) atoms. The molecule has 0 saturated heterocycles. The molecule has 0 bridgehead atoms. The van der Waals surface area contributed by atoms with Gasteiger partial charge in [0.1, 0.15) is 11.3 Å². The molecule has 3 aromatic rings. The maximum Gasteiger partial charge on any atom is 0.164 e. The number of nitrogens with zero attached hydrogens (tertiary/aromatic N) is 3. The van der Waals surface area contributed by atoms with E-state index in [-0.39, 0.29) is 5.38 Å². The zero-order valence-electron chi connectivity index (χ0n) is 12.1. The second-order valence-corrected chi connectivity index (χ2v) is 6.30. The van der Waals surface area contributed by atoms with E-state index in [1.165, 1.54) is 0 Å². The summed E-state index contributed by atoms with van der Waals surface area (Å²) in [5, 5.41) is 0.454. The van der Waals surface area contributed by atoms with Gasteiger partial charge < -0.3 is 0 Å². The van der Waals surface area contributed by atoms with E-state index in [1.54, 1.807) is 0 Å². The minimum absolute atomic E-state index is 0.224. The van der Waals surface area contributed by atoms with Gasteiger partial charge >= 0.3 is 0 Å². The molecule has 2 heterocycles. The van der Waals surface area contributed by atoms with Crippen molar-refractivity contribution >= 4 is 34.4 Å². The van der Waals surface area contributed by atoms with Gasteiger partial charge in [-0.3, -0.25) is 4.57 Å². The molecule has 2 aromatic heterocycles. The average molecular weight is 320 g/mol. The summed E-state index contributed by atoms with van der Waals surface area (Å²) in [6.07, 6.45) is 1.84. The molecule has 1 atom stereocenters. The molecule has 0 amide bonds. The first-order chi connectivity index (χ1) is 9.97. The van der Waals surface area contributed by atoms with Crippen LogP contribution in [0.15, 0.2) is 30.5 Å². The highest BCUT2D eigenvalue weighted by atomic mass is 35.5. The zero-order chi connectivity index (χ0) is 15.1. The Kier molecular flexibility index (Phi) is 3.64.